The van der Waals surface area contributed by atoms with Crippen LogP contribution in [0.2, 0.25) is 0 Å². The van der Waals surface area contributed by atoms with E-state index < -0.39 is 0 Å². The first kappa shape index (κ1) is 11.5. The predicted molar refractivity (Wildman–Crippen MR) is 61.0 cm³/mol. The summed E-state index contributed by atoms with van der Waals surface area (Å²) in [7, 11) is 0. The Morgan fingerprint density at radius 1 is 1.56 bits per heavy atom. The van der Waals surface area contributed by atoms with Crippen molar-refractivity contribution in [2.75, 3.05) is 6.61 Å². The third-order valence-electron chi connectivity index (χ3n) is 4.11. The summed E-state index contributed by atoms with van der Waals surface area (Å²) in [5, 5.41) is 9.76. The van der Waals surface area contributed by atoms with E-state index in [4.69, 9.17) is 4.74 Å². The van der Waals surface area contributed by atoms with Gasteiger partial charge in [0.05, 0.1) is 12.2 Å². The van der Waals surface area contributed by atoms with Gasteiger partial charge in [-0.2, -0.15) is 0 Å². The quantitative estimate of drug-likeness (QED) is 0.750. The lowest BCUT2D eigenvalue weighted by atomic mass is 9.82. The third-order valence-corrected chi connectivity index (χ3v) is 4.11. The van der Waals surface area contributed by atoms with Gasteiger partial charge < -0.3 is 9.84 Å². The van der Waals surface area contributed by atoms with Crippen molar-refractivity contribution in [1.82, 2.24) is 0 Å². The van der Waals surface area contributed by atoms with Crippen LogP contribution >= 0.6 is 0 Å². The molecule has 2 rings (SSSR count). The maximum absolute atomic E-state index is 11.7. The molecule has 2 atom stereocenters. The molecule has 0 amide bonds. The fraction of sp³-hybridized carbons (Fsp3) is 0.769. The zero-order valence-corrected chi connectivity index (χ0v) is 10.1. The molecule has 0 heterocycles. The zero-order valence-electron chi connectivity index (χ0n) is 10.1. The number of ether oxygens (including phenoxy) is 1. The highest BCUT2D eigenvalue weighted by Crippen LogP contribution is 2.63. The molecule has 16 heavy (non-hydrogen) atoms. The van der Waals surface area contributed by atoms with Crippen molar-refractivity contribution in [3.63, 3.8) is 0 Å². The fourth-order valence-electron chi connectivity index (χ4n) is 3.00. The number of aliphatic hydroxyl groups excluding tert-OH is 1. The van der Waals surface area contributed by atoms with Gasteiger partial charge in [-0.25, -0.2) is 4.79 Å². The minimum atomic E-state index is -0.319. The summed E-state index contributed by atoms with van der Waals surface area (Å²) in [4.78, 5) is 11.7. The molecule has 1 fully saturated rings. The van der Waals surface area contributed by atoms with Gasteiger partial charge in [0.1, 0.15) is 5.76 Å². The second-order valence-corrected chi connectivity index (χ2v) is 4.99. The zero-order chi connectivity index (χ0) is 11.8. The first-order valence-electron chi connectivity index (χ1n) is 6.21. The standard InChI is InChI=1S/C13H20O3/c1-3-9-7-13(9)6-5-11(14)10(8-13)12(15)16-4-2/h9,14H,3-8H2,1-2H3. The lowest BCUT2D eigenvalue weighted by Gasteiger charge is -2.24. The van der Waals surface area contributed by atoms with Gasteiger partial charge in [0.2, 0.25) is 0 Å². The number of allylic oxidation sites excluding steroid dienone is 1. The van der Waals surface area contributed by atoms with Crippen LogP contribution in [0.4, 0.5) is 0 Å². The minimum Gasteiger partial charge on any atom is -0.512 e. The predicted octanol–water partition coefficient (Wildman–Crippen LogP) is 2.96. The number of hydrogen-bond acceptors (Lipinski definition) is 3. The Morgan fingerprint density at radius 2 is 2.31 bits per heavy atom. The van der Waals surface area contributed by atoms with Crippen molar-refractivity contribution >= 4 is 5.97 Å². The van der Waals surface area contributed by atoms with E-state index in [1.807, 2.05) is 0 Å². The Morgan fingerprint density at radius 3 is 2.88 bits per heavy atom. The van der Waals surface area contributed by atoms with Gasteiger partial charge in [0, 0.05) is 6.42 Å². The summed E-state index contributed by atoms with van der Waals surface area (Å²) in [5.41, 5.74) is 0.840. The van der Waals surface area contributed by atoms with Gasteiger partial charge in [-0.3, -0.25) is 0 Å². The van der Waals surface area contributed by atoms with Gasteiger partial charge in [-0.15, -0.1) is 0 Å². The number of esters is 1. The Bertz CT molecular complexity index is 332. The number of hydrogen-bond donors (Lipinski definition) is 1. The molecule has 0 aromatic carbocycles. The van der Waals surface area contributed by atoms with E-state index in [2.05, 4.69) is 6.92 Å². The summed E-state index contributed by atoms with van der Waals surface area (Å²) in [6, 6.07) is 0. The number of aliphatic hydroxyl groups is 1. The van der Waals surface area contributed by atoms with Gasteiger partial charge in [-0.1, -0.05) is 13.3 Å². The van der Waals surface area contributed by atoms with Crippen molar-refractivity contribution in [2.45, 2.75) is 46.0 Å². The van der Waals surface area contributed by atoms with Crippen LogP contribution in [-0.4, -0.2) is 17.7 Å². The van der Waals surface area contributed by atoms with Crippen LogP contribution in [0.1, 0.15) is 46.0 Å². The third kappa shape index (κ3) is 1.83. The monoisotopic (exact) mass is 224 g/mol. The average Bonchev–Trinajstić information content (AvgIpc) is 2.96. The van der Waals surface area contributed by atoms with Crippen molar-refractivity contribution < 1.29 is 14.6 Å². The summed E-state index contributed by atoms with van der Waals surface area (Å²) >= 11 is 0. The molecule has 0 radical (unpaired) electrons. The highest BCUT2D eigenvalue weighted by Gasteiger charge is 2.54. The number of carbonyl (C=O) groups is 1. The lowest BCUT2D eigenvalue weighted by molar-refractivity contribution is -0.139. The van der Waals surface area contributed by atoms with E-state index in [9.17, 15) is 9.90 Å². The van der Waals surface area contributed by atoms with Crippen molar-refractivity contribution in [3.8, 4) is 0 Å². The molecule has 2 aliphatic rings. The summed E-state index contributed by atoms with van der Waals surface area (Å²) < 4.78 is 4.98. The molecule has 3 nitrogen and oxygen atoms in total. The number of rotatable bonds is 3. The smallest absolute Gasteiger partial charge is 0.337 e. The fourth-order valence-corrected chi connectivity index (χ4v) is 3.00. The highest BCUT2D eigenvalue weighted by molar-refractivity contribution is 5.89. The first-order chi connectivity index (χ1) is 7.63. The topological polar surface area (TPSA) is 46.5 Å². The maximum Gasteiger partial charge on any atom is 0.337 e. The summed E-state index contributed by atoms with van der Waals surface area (Å²) in [5.74, 6) is 0.677. The number of carbonyl (C=O) groups excluding carboxylic acids is 1. The summed E-state index contributed by atoms with van der Waals surface area (Å²) in [6.45, 7) is 4.36. The Balaban J connectivity index is 2.09. The maximum atomic E-state index is 11.7. The minimum absolute atomic E-state index is 0.255. The SMILES string of the molecule is CCOC(=O)C1=C(O)CCC2(C1)CC2CC. The van der Waals surface area contributed by atoms with Crippen molar-refractivity contribution in [1.29, 1.82) is 0 Å². The van der Waals surface area contributed by atoms with Gasteiger partial charge in [0.15, 0.2) is 0 Å². The first-order valence-corrected chi connectivity index (χ1v) is 6.21. The van der Waals surface area contributed by atoms with Gasteiger partial charge in [-0.05, 0) is 37.5 Å². The molecule has 90 valence electrons. The molecule has 0 aromatic rings. The molecule has 0 saturated heterocycles. The lowest BCUT2D eigenvalue weighted by Crippen LogP contribution is -2.20. The normalized spacial score (nSPS) is 33.0. The van der Waals surface area contributed by atoms with E-state index in [0.29, 0.717) is 24.0 Å². The van der Waals surface area contributed by atoms with E-state index in [1.165, 1.54) is 12.8 Å². The molecule has 0 aliphatic heterocycles. The van der Waals surface area contributed by atoms with E-state index in [-0.39, 0.29) is 11.7 Å². The van der Waals surface area contributed by atoms with Crippen LogP contribution in [0.15, 0.2) is 11.3 Å². The van der Waals surface area contributed by atoms with Crippen LogP contribution in [0, 0.1) is 11.3 Å². The molecular weight excluding hydrogens is 204 g/mol. The van der Waals surface area contributed by atoms with Crippen molar-refractivity contribution in [2.24, 2.45) is 11.3 Å². The molecule has 2 aliphatic carbocycles. The van der Waals surface area contributed by atoms with E-state index >= 15 is 0 Å². The molecule has 0 aromatic heterocycles. The Hall–Kier alpha value is -0.990. The Kier molecular flexibility index (Phi) is 2.96. The largest absolute Gasteiger partial charge is 0.512 e. The Labute approximate surface area is 96.5 Å². The van der Waals surface area contributed by atoms with Crippen LogP contribution in [0.5, 0.6) is 0 Å². The van der Waals surface area contributed by atoms with Crippen LogP contribution in [0.25, 0.3) is 0 Å². The second kappa shape index (κ2) is 4.11. The molecule has 3 heteroatoms. The average molecular weight is 224 g/mol. The summed E-state index contributed by atoms with van der Waals surface area (Å²) in [6.07, 6.45) is 4.78. The molecule has 0 bridgehead atoms. The molecule has 1 saturated carbocycles. The van der Waals surface area contributed by atoms with Crippen LogP contribution in [-0.2, 0) is 9.53 Å². The van der Waals surface area contributed by atoms with Crippen molar-refractivity contribution in [3.05, 3.63) is 11.3 Å². The highest BCUT2D eigenvalue weighted by atomic mass is 16.5. The molecule has 1 N–H and O–H groups in total. The molecular formula is C13H20O3. The second-order valence-electron chi connectivity index (χ2n) is 4.99. The van der Waals surface area contributed by atoms with Gasteiger partial charge >= 0.3 is 5.97 Å². The van der Waals surface area contributed by atoms with E-state index in [0.717, 1.165) is 18.8 Å². The molecule has 1 spiro atoms. The van der Waals surface area contributed by atoms with Gasteiger partial charge in [0.25, 0.3) is 0 Å². The van der Waals surface area contributed by atoms with Crippen LogP contribution in [0.3, 0.4) is 0 Å². The molecule has 2 unspecified atom stereocenters. The van der Waals surface area contributed by atoms with E-state index in [1.54, 1.807) is 6.92 Å². The van der Waals surface area contributed by atoms with Crippen LogP contribution < -0.4 is 0 Å².